The lowest BCUT2D eigenvalue weighted by Crippen LogP contribution is -2.56. The van der Waals surface area contributed by atoms with Gasteiger partial charge in [0.15, 0.2) is 0 Å². The number of rotatable bonds is 5. The third-order valence-corrected chi connectivity index (χ3v) is 7.34. The minimum Gasteiger partial charge on any atom is -0.338 e. The van der Waals surface area contributed by atoms with Crippen LogP contribution in [0.3, 0.4) is 0 Å². The zero-order chi connectivity index (χ0) is 22.5. The molecular formula is C25H36N4O3. The highest BCUT2D eigenvalue weighted by Crippen LogP contribution is 2.29. The Morgan fingerprint density at radius 1 is 0.844 bits per heavy atom. The second-order valence-electron chi connectivity index (χ2n) is 9.41. The first-order chi connectivity index (χ1) is 15.5. The van der Waals surface area contributed by atoms with Crippen LogP contribution in [0.5, 0.6) is 0 Å². The normalized spacial score (nSPS) is 22.7. The fourth-order valence-electron chi connectivity index (χ4n) is 5.30. The van der Waals surface area contributed by atoms with E-state index >= 15 is 0 Å². The van der Waals surface area contributed by atoms with Crippen molar-refractivity contribution in [1.82, 2.24) is 14.7 Å². The molecular weight excluding hydrogens is 404 g/mol. The molecule has 1 saturated carbocycles. The summed E-state index contributed by atoms with van der Waals surface area (Å²) in [4.78, 5) is 46.6. The lowest BCUT2D eigenvalue weighted by molar-refractivity contribution is -0.147. The average molecular weight is 441 g/mol. The quantitative estimate of drug-likeness (QED) is 0.705. The molecule has 1 atom stereocenters. The summed E-state index contributed by atoms with van der Waals surface area (Å²) >= 11 is 0. The summed E-state index contributed by atoms with van der Waals surface area (Å²) in [5.74, 6) is 0.463. The lowest BCUT2D eigenvalue weighted by atomic mass is 9.88. The monoisotopic (exact) mass is 440 g/mol. The number of anilines is 1. The predicted molar refractivity (Wildman–Crippen MR) is 124 cm³/mol. The standard InChI is InChI=1S/C25H36N4O3/c1-26(21-11-6-3-7-12-21)23(30)19-27-15-17-28(18-16-27)25(32)22-13-8-14-29(22)24(31)20-9-4-2-5-10-20/h3,6-7,11-12,20,22H,2,4-5,8-10,13-19H2,1H3/t22-/m1/s1. The van der Waals surface area contributed by atoms with Crippen molar-refractivity contribution in [1.29, 1.82) is 0 Å². The van der Waals surface area contributed by atoms with Gasteiger partial charge < -0.3 is 14.7 Å². The second kappa shape index (κ2) is 10.5. The first-order valence-electron chi connectivity index (χ1n) is 12.2. The molecule has 0 bridgehead atoms. The number of nitrogens with zero attached hydrogens (tertiary/aromatic N) is 4. The molecule has 1 aromatic carbocycles. The van der Waals surface area contributed by atoms with Crippen molar-refractivity contribution in [2.45, 2.75) is 51.0 Å². The fourth-order valence-corrected chi connectivity index (χ4v) is 5.30. The zero-order valence-electron chi connectivity index (χ0n) is 19.2. The first kappa shape index (κ1) is 22.8. The molecule has 174 valence electrons. The SMILES string of the molecule is CN(C(=O)CN1CCN(C(=O)[C@H]2CCCN2C(=O)C2CCCCC2)CC1)c1ccccc1. The van der Waals surface area contributed by atoms with Crippen molar-refractivity contribution in [3.8, 4) is 0 Å². The molecule has 4 rings (SSSR count). The van der Waals surface area contributed by atoms with Gasteiger partial charge in [-0.25, -0.2) is 0 Å². The van der Waals surface area contributed by atoms with E-state index in [0.717, 1.165) is 44.2 Å². The first-order valence-corrected chi connectivity index (χ1v) is 12.2. The van der Waals surface area contributed by atoms with E-state index in [-0.39, 0.29) is 29.7 Å². The number of benzene rings is 1. The highest BCUT2D eigenvalue weighted by molar-refractivity contribution is 5.94. The van der Waals surface area contributed by atoms with Crippen LogP contribution < -0.4 is 4.90 Å². The molecule has 0 N–H and O–H groups in total. The van der Waals surface area contributed by atoms with Gasteiger partial charge in [0.25, 0.3) is 0 Å². The number of hydrogen-bond acceptors (Lipinski definition) is 4. The Balaban J connectivity index is 1.27. The van der Waals surface area contributed by atoms with Crippen molar-refractivity contribution in [2.75, 3.05) is 51.2 Å². The molecule has 0 radical (unpaired) electrons. The van der Waals surface area contributed by atoms with Crippen LogP contribution in [0.1, 0.15) is 44.9 Å². The van der Waals surface area contributed by atoms with E-state index in [2.05, 4.69) is 4.90 Å². The van der Waals surface area contributed by atoms with Crippen molar-refractivity contribution < 1.29 is 14.4 Å². The van der Waals surface area contributed by atoms with Crippen LogP contribution in [-0.4, -0.2) is 84.8 Å². The van der Waals surface area contributed by atoms with E-state index in [1.165, 1.54) is 6.42 Å². The molecule has 0 spiro atoms. The fraction of sp³-hybridized carbons (Fsp3) is 0.640. The highest BCUT2D eigenvalue weighted by Gasteiger charge is 2.39. The molecule has 3 aliphatic rings. The van der Waals surface area contributed by atoms with E-state index in [0.29, 0.717) is 39.3 Å². The number of carbonyl (C=O) groups is 3. The van der Waals surface area contributed by atoms with Crippen LogP contribution in [0.25, 0.3) is 0 Å². The van der Waals surface area contributed by atoms with Crippen molar-refractivity contribution in [2.24, 2.45) is 5.92 Å². The third-order valence-electron chi connectivity index (χ3n) is 7.34. The largest absolute Gasteiger partial charge is 0.338 e. The molecule has 3 amide bonds. The van der Waals surface area contributed by atoms with E-state index in [4.69, 9.17) is 0 Å². The van der Waals surface area contributed by atoms with Crippen molar-refractivity contribution >= 4 is 23.4 Å². The van der Waals surface area contributed by atoms with E-state index in [1.54, 1.807) is 11.9 Å². The number of hydrogen-bond donors (Lipinski definition) is 0. The molecule has 1 aliphatic carbocycles. The summed E-state index contributed by atoms with van der Waals surface area (Å²) in [5.41, 5.74) is 0.885. The van der Waals surface area contributed by atoms with Gasteiger partial charge in [-0.1, -0.05) is 37.5 Å². The molecule has 3 fully saturated rings. The Kier molecular flexibility index (Phi) is 7.45. The molecule has 0 aromatic heterocycles. The van der Waals surface area contributed by atoms with Gasteiger partial charge in [-0.3, -0.25) is 19.3 Å². The number of para-hydroxylation sites is 1. The molecule has 2 heterocycles. The zero-order valence-corrected chi connectivity index (χ0v) is 19.2. The summed E-state index contributed by atoms with van der Waals surface area (Å²) in [7, 11) is 1.80. The van der Waals surface area contributed by atoms with E-state index in [9.17, 15) is 14.4 Å². The Morgan fingerprint density at radius 2 is 1.53 bits per heavy atom. The molecule has 0 unspecified atom stereocenters. The van der Waals surface area contributed by atoms with Gasteiger partial charge in [0.2, 0.25) is 17.7 Å². The second-order valence-corrected chi connectivity index (χ2v) is 9.41. The lowest BCUT2D eigenvalue weighted by Gasteiger charge is -2.38. The van der Waals surface area contributed by atoms with Crippen LogP contribution in [-0.2, 0) is 14.4 Å². The maximum absolute atomic E-state index is 13.3. The maximum atomic E-state index is 13.3. The Hall–Kier alpha value is -2.41. The summed E-state index contributed by atoms with van der Waals surface area (Å²) in [6.07, 6.45) is 7.11. The van der Waals surface area contributed by atoms with E-state index < -0.39 is 0 Å². The Bertz CT molecular complexity index is 801. The van der Waals surface area contributed by atoms with Gasteiger partial charge in [0.1, 0.15) is 6.04 Å². The Morgan fingerprint density at radius 3 is 2.22 bits per heavy atom. The summed E-state index contributed by atoms with van der Waals surface area (Å²) in [5, 5.41) is 0. The van der Waals surface area contributed by atoms with Gasteiger partial charge in [-0.2, -0.15) is 0 Å². The summed E-state index contributed by atoms with van der Waals surface area (Å²) < 4.78 is 0. The summed E-state index contributed by atoms with van der Waals surface area (Å²) in [6.45, 7) is 3.66. The number of piperazine rings is 1. The summed E-state index contributed by atoms with van der Waals surface area (Å²) in [6, 6.07) is 9.35. The average Bonchev–Trinajstić information content (AvgIpc) is 3.34. The minimum atomic E-state index is -0.290. The van der Waals surface area contributed by atoms with Crippen LogP contribution >= 0.6 is 0 Å². The highest BCUT2D eigenvalue weighted by atomic mass is 16.2. The minimum absolute atomic E-state index is 0.0519. The van der Waals surface area contributed by atoms with Gasteiger partial charge in [0.05, 0.1) is 6.54 Å². The molecule has 32 heavy (non-hydrogen) atoms. The molecule has 7 heteroatoms. The van der Waals surface area contributed by atoms with Gasteiger partial charge >= 0.3 is 0 Å². The Labute approximate surface area is 191 Å². The van der Waals surface area contributed by atoms with Gasteiger partial charge in [-0.15, -0.1) is 0 Å². The smallest absolute Gasteiger partial charge is 0.245 e. The number of likely N-dealkylation sites (tertiary alicyclic amines) is 1. The van der Waals surface area contributed by atoms with Crippen LogP contribution in [0.2, 0.25) is 0 Å². The van der Waals surface area contributed by atoms with Crippen LogP contribution in [0.4, 0.5) is 5.69 Å². The number of likely N-dealkylation sites (N-methyl/N-ethyl adjacent to an activating group) is 1. The third kappa shape index (κ3) is 5.14. The van der Waals surface area contributed by atoms with Gasteiger partial charge in [0, 0.05) is 51.4 Å². The molecule has 2 saturated heterocycles. The van der Waals surface area contributed by atoms with Crippen molar-refractivity contribution in [3.63, 3.8) is 0 Å². The number of amides is 3. The number of carbonyl (C=O) groups excluding carboxylic acids is 3. The van der Waals surface area contributed by atoms with E-state index in [1.807, 2.05) is 40.1 Å². The molecule has 1 aromatic rings. The molecule has 7 nitrogen and oxygen atoms in total. The predicted octanol–water partition coefficient (Wildman–Crippen LogP) is 2.36. The van der Waals surface area contributed by atoms with Crippen LogP contribution in [0.15, 0.2) is 30.3 Å². The molecule has 2 aliphatic heterocycles. The topological polar surface area (TPSA) is 64.2 Å². The van der Waals surface area contributed by atoms with Crippen molar-refractivity contribution in [3.05, 3.63) is 30.3 Å². The van der Waals surface area contributed by atoms with Crippen LogP contribution in [0, 0.1) is 5.92 Å². The van der Waals surface area contributed by atoms with Gasteiger partial charge in [-0.05, 0) is 37.8 Å². The maximum Gasteiger partial charge on any atom is 0.245 e.